The maximum atomic E-state index is 12.5. The Balaban J connectivity index is 1.44. The van der Waals surface area contributed by atoms with Crippen molar-refractivity contribution in [2.24, 2.45) is 0 Å². The molecule has 1 saturated heterocycles. The van der Waals surface area contributed by atoms with Crippen LogP contribution >= 0.6 is 11.6 Å². The van der Waals surface area contributed by atoms with Crippen molar-refractivity contribution in [2.75, 3.05) is 26.3 Å². The second-order valence-corrected chi connectivity index (χ2v) is 7.25. The standard InChI is InChI=1S/C22H25ClN2O4/c1-2-28-19-5-3-4-6-20(19)29-15-21(26)24-18-11-13-25(14-12-18)22(27)16-7-9-17(23)10-8-16/h3-10,18H,2,11-15H2,1H3,(H,24,26). The summed E-state index contributed by atoms with van der Waals surface area (Å²) >= 11 is 5.88. The number of para-hydroxylation sites is 2. The molecule has 0 bridgehead atoms. The molecule has 0 radical (unpaired) electrons. The molecule has 0 aromatic heterocycles. The van der Waals surface area contributed by atoms with E-state index in [0.717, 1.165) is 0 Å². The SMILES string of the molecule is CCOc1ccccc1OCC(=O)NC1CCN(C(=O)c2ccc(Cl)cc2)CC1. The lowest BCUT2D eigenvalue weighted by atomic mass is 10.0. The normalized spacial score (nSPS) is 14.3. The fourth-order valence-electron chi connectivity index (χ4n) is 3.26. The van der Waals surface area contributed by atoms with Crippen LogP contribution in [0.3, 0.4) is 0 Å². The van der Waals surface area contributed by atoms with Crippen LogP contribution in [0.2, 0.25) is 5.02 Å². The molecule has 7 heteroatoms. The third-order valence-electron chi connectivity index (χ3n) is 4.75. The van der Waals surface area contributed by atoms with Crippen LogP contribution in [-0.4, -0.2) is 49.1 Å². The fourth-order valence-corrected chi connectivity index (χ4v) is 3.38. The average molecular weight is 417 g/mol. The number of amides is 2. The highest BCUT2D eigenvalue weighted by Gasteiger charge is 2.24. The van der Waals surface area contributed by atoms with Crippen molar-refractivity contribution in [3.63, 3.8) is 0 Å². The Labute approximate surface area is 175 Å². The lowest BCUT2D eigenvalue weighted by molar-refractivity contribution is -0.124. The van der Waals surface area contributed by atoms with Gasteiger partial charge in [-0.15, -0.1) is 0 Å². The molecule has 29 heavy (non-hydrogen) atoms. The van der Waals surface area contributed by atoms with Crippen molar-refractivity contribution in [1.82, 2.24) is 10.2 Å². The summed E-state index contributed by atoms with van der Waals surface area (Å²) in [6.07, 6.45) is 1.42. The van der Waals surface area contributed by atoms with Gasteiger partial charge in [0.25, 0.3) is 11.8 Å². The number of hydrogen-bond donors (Lipinski definition) is 1. The van der Waals surface area contributed by atoms with Crippen LogP contribution in [0.4, 0.5) is 0 Å². The van der Waals surface area contributed by atoms with Gasteiger partial charge in [0, 0.05) is 29.7 Å². The van der Waals surface area contributed by atoms with E-state index in [1.54, 1.807) is 35.2 Å². The van der Waals surface area contributed by atoms with Gasteiger partial charge in [-0.1, -0.05) is 23.7 Å². The molecule has 0 atom stereocenters. The van der Waals surface area contributed by atoms with Crippen molar-refractivity contribution >= 4 is 23.4 Å². The molecule has 0 aliphatic carbocycles. The number of hydrogen-bond acceptors (Lipinski definition) is 4. The molecule has 1 heterocycles. The highest BCUT2D eigenvalue weighted by Crippen LogP contribution is 2.26. The minimum atomic E-state index is -0.182. The first-order valence-electron chi connectivity index (χ1n) is 9.75. The molecular weight excluding hydrogens is 392 g/mol. The van der Waals surface area contributed by atoms with Crippen LogP contribution in [0.15, 0.2) is 48.5 Å². The van der Waals surface area contributed by atoms with Crippen molar-refractivity contribution in [2.45, 2.75) is 25.8 Å². The molecule has 2 amide bonds. The van der Waals surface area contributed by atoms with Gasteiger partial charge in [-0.2, -0.15) is 0 Å². The second kappa shape index (κ2) is 10.2. The van der Waals surface area contributed by atoms with E-state index in [1.165, 1.54) is 0 Å². The smallest absolute Gasteiger partial charge is 0.258 e. The molecule has 2 aromatic carbocycles. The van der Waals surface area contributed by atoms with E-state index >= 15 is 0 Å². The molecule has 1 fully saturated rings. The zero-order chi connectivity index (χ0) is 20.6. The van der Waals surface area contributed by atoms with Gasteiger partial charge in [0.15, 0.2) is 18.1 Å². The van der Waals surface area contributed by atoms with Crippen molar-refractivity contribution in [3.05, 3.63) is 59.1 Å². The van der Waals surface area contributed by atoms with Crippen LogP contribution in [0.5, 0.6) is 11.5 Å². The summed E-state index contributed by atoms with van der Waals surface area (Å²) in [4.78, 5) is 26.6. The summed E-state index contributed by atoms with van der Waals surface area (Å²) in [7, 11) is 0. The van der Waals surface area contributed by atoms with Gasteiger partial charge in [-0.05, 0) is 56.2 Å². The maximum Gasteiger partial charge on any atom is 0.258 e. The molecule has 0 saturated carbocycles. The number of benzene rings is 2. The van der Waals surface area contributed by atoms with E-state index in [1.807, 2.05) is 25.1 Å². The Bertz CT molecular complexity index is 833. The Morgan fingerprint density at radius 2 is 1.66 bits per heavy atom. The van der Waals surface area contributed by atoms with Gasteiger partial charge in [0.2, 0.25) is 0 Å². The van der Waals surface area contributed by atoms with Gasteiger partial charge >= 0.3 is 0 Å². The number of piperidine rings is 1. The zero-order valence-corrected chi connectivity index (χ0v) is 17.2. The summed E-state index contributed by atoms with van der Waals surface area (Å²) in [6, 6.07) is 14.2. The summed E-state index contributed by atoms with van der Waals surface area (Å²) < 4.78 is 11.1. The van der Waals surface area contributed by atoms with Crippen LogP contribution in [0, 0.1) is 0 Å². The van der Waals surface area contributed by atoms with Gasteiger partial charge in [0.05, 0.1) is 6.61 Å². The first-order valence-corrected chi connectivity index (χ1v) is 10.1. The van der Waals surface area contributed by atoms with E-state index in [9.17, 15) is 9.59 Å². The number of nitrogens with zero attached hydrogens (tertiary/aromatic N) is 1. The van der Waals surface area contributed by atoms with Crippen LogP contribution in [-0.2, 0) is 4.79 Å². The third kappa shape index (κ3) is 5.87. The number of carbonyl (C=O) groups excluding carboxylic acids is 2. The van der Waals surface area contributed by atoms with Crippen LogP contribution in [0.25, 0.3) is 0 Å². The van der Waals surface area contributed by atoms with Gasteiger partial charge < -0.3 is 19.7 Å². The van der Waals surface area contributed by atoms with Gasteiger partial charge in [0.1, 0.15) is 0 Å². The Kier molecular flexibility index (Phi) is 7.36. The summed E-state index contributed by atoms with van der Waals surface area (Å²) in [5, 5.41) is 3.59. The molecule has 154 valence electrons. The predicted octanol–water partition coefficient (Wildman–Crippen LogP) is 3.54. The lowest BCUT2D eigenvalue weighted by Gasteiger charge is -2.32. The first kappa shape index (κ1) is 21.0. The minimum absolute atomic E-state index is 0.0118. The largest absolute Gasteiger partial charge is 0.490 e. The molecule has 0 spiro atoms. The number of rotatable bonds is 7. The van der Waals surface area contributed by atoms with Crippen LogP contribution in [0.1, 0.15) is 30.1 Å². The van der Waals surface area contributed by atoms with Gasteiger partial charge in [-0.25, -0.2) is 0 Å². The molecule has 0 unspecified atom stereocenters. The molecule has 1 aliphatic rings. The fraction of sp³-hybridized carbons (Fsp3) is 0.364. The van der Waals surface area contributed by atoms with Crippen molar-refractivity contribution in [3.8, 4) is 11.5 Å². The molecular formula is C22H25ClN2O4. The molecule has 1 aliphatic heterocycles. The number of likely N-dealkylation sites (tertiary alicyclic amines) is 1. The van der Waals surface area contributed by atoms with E-state index in [4.69, 9.17) is 21.1 Å². The minimum Gasteiger partial charge on any atom is -0.490 e. The zero-order valence-electron chi connectivity index (χ0n) is 16.4. The summed E-state index contributed by atoms with van der Waals surface area (Å²) in [6.45, 7) is 3.54. The number of ether oxygens (including phenoxy) is 2. The molecule has 3 rings (SSSR count). The number of carbonyl (C=O) groups is 2. The third-order valence-corrected chi connectivity index (χ3v) is 5.00. The Hall–Kier alpha value is -2.73. The van der Waals surface area contributed by atoms with E-state index < -0.39 is 0 Å². The highest BCUT2D eigenvalue weighted by molar-refractivity contribution is 6.30. The van der Waals surface area contributed by atoms with E-state index in [2.05, 4.69) is 5.32 Å². The Morgan fingerprint density at radius 1 is 1.03 bits per heavy atom. The molecule has 2 aromatic rings. The first-order chi connectivity index (χ1) is 14.1. The predicted molar refractivity (Wildman–Crippen MR) is 112 cm³/mol. The Morgan fingerprint density at radius 3 is 2.28 bits per heavy atom. The van der Waals surface area contributed by atoms with Gasteiger partial charge in [-0.3, -0.25) is 9.59 Å². The lowest BCUT2D eigenvalue weighted by Crippen LogP contribution is -2.47. The summed E-state index contributed by atoms with van der Waals surface area (Å²) in [5.41, 5.74) is 0.623. The van der Waals surface area contributed by atoms with E-state index in [-0.39, 0.29) is 24.5 Å². The van der Waals surface area contributed by atoms with Crippen molar-refractivity contribution in [1.29, 1.82) is 0 Å². The molecule has 6 nitrogen and oxygen atoms in total. The molecule has 1 N–H and O–H groups in total. The number of nitrogens with one attached hydrogen (secondary N) is 1. The average Bonchev–Trinajstić information content (AvgIpc) is 2.74. The maximum absolute atomic E-state index is 12.5. The van der Waals surface area contributed by atoms with Crippen LogP contribution < -0.4 is 14.8 Å². The van der Waals surface area contributed by atoms with E-state index in [0.29, 0.717) is 54.6 Å². The number of halogens is 1. The van der Waals surface area contributed by atoms with Crippen molar-refractivity contribution < 1.29 is 19.1 Å². The monoisotopic (exact) mass is 416 g/mol. The topological polar surface area (TPSA) is 67.9 Å². The second-order valence-electron chi connectivity index (χ2n) is 6.81. The summed E-state index contributed by atoms with van der Waals surface area (Å²) in [5.74, 6) is 0.978. The quantitative estimate of drug-likeness (QED) is 0.749. The highest BCUT2D eigenvalue weighted by atomic mass is 35.5.